The summed E-state index contributed by atoms with van der Waals surface area (Å²) in [6, 6.07) is 6.39. The van der Waals surface area contributed by atoms with Gasteiger partial charge in [0.2, 0.25) is 0 Å². The molecule has 1 aromatic rings. The zero-order valence-corrected chi connectivity index (χ0v) is 10.4. The second kappa shape index (κ2) is 5.82. The predicted octanol–water partition coefficient (Wildman–Crippen LogP) is 2.65. The van der Waals surface area contributed by atoms with Gasteiger partial charge in [0.25, 0.3) is 0 Å². The highest BCUT2D eigenvalue weighted by Gasteiger charge is 2.13. The van der Waals surface area contributed by atoms with Crippen LogP contribution in [0.25, 0.3) is 0 Å². The third-order valence-corrected chi connectivity index (χ3v) is 1.95. The van der Waals surface area contributed by atoms with Crippen LogP contribution in [0, 0.1) is 0 Å². The maximum Gasteiger partial charge on any atom is 0.338 e. The highest BCUT2D eigenvalue weighted by atomic mass is 16.6. The fourth-order valence-electron chi connectivity index (χ4n) is 0.993. The molecule has 1 rings (SSSR count). The van der Waals surface area contributed by atoms with Crippen molar-refractivity contribution in [1.29, 1.82) is 0 Å². The maximum absolute atomic E-state index is 11.4. The molecule has 0 spiro atoms. The molecule has 18 heavy (non-hydrogen) atoms. The normalized spacial score (nSPS) is 9.44. The standard InChI is InChI=1S/C14H14O4/c1-9(2)13(15)17-11-7-5-6-8-12(11)18-14(16)10(3)4/h5-8H,1,3H2,2,4H3. The number of esters is 2. The molecule has 94 valence electrons. The van der Waals surface area contributed by atoms with Crippen LogP contribution in [0.4, 0.5) is 0 Å². The van der Waals surface area contributed by atoms with Crippen molar-refractivity contribution in [2.24, 2.45) is 0 Å². The van der Waals surface area contributed by atoms with Gasteiger partial charge in [0, 0.05) is 11.1 Å². The third-order valence-electron chi connectivity index (χ3n) is 1.95. The second-order valence-corrected chi connectivity index (χ2v) is 3.79. The monoisotopic (exact) mass is 246 g/mol. The van der Waals surface area contributed by atoms with Gasteiger partial charge in [0.15, 0.2) is 11.5 Å². The van der Waals surface area contributed by atoms with Crippen LogP contribution in [0.5, 0.6) is 11.5 Å². The first-order valence-electron chi connectivity index (χ1n) is 5.26. The number of hydrogen-bond acceptors (Lipinski definition) is 4. The number of rotatable bonds is 4. The molecule has 4 heteroatoms. The van der Waals surface area contributed by atoms with E-state index >= 15 is 0 Å². The van der Waals surface area contributed by atoms with Crippen molar-refractivity contribution in [3.05, 3.63) is 48.6 Å². The number of benzene rings is 1. The van der Waals surface area contributed by atoms with E-state index < -0.39 is 11.9 Å². The number of ether oxygens (including phenoxy) is 2. The number of para-hydroxylation sites is 2. The highest BCUT2D eigenvalue weighted by Crippen LogP contribution is 2.27. The van der Waals surface area contributed by atoms with Crippen LogP contribution in [0.15, 0.2) is 48.6 Å². The van der Waals surface area contributed by atoms with E-state index in [2.05, 4.69) is 13.2 Å². The Bertz CT molecular complexity index is 467. The summed E-state index contributed by atoms with van der Waals surface area (Å²) in [5.74, 6) is -0.817. The molecule has 0 aliphatic carbocycles. The van der Waals surface area contributed by atoms with Crippen molar-refractivity contribution in [2.75, 3.05) is 0 Å². The lowest BCUT2D eigenvalue weighted by atomic mass is 10.3. The maximum atomic E-state index is 11.4. The van der Waals surface area contributed by atoms with Crippen molar-refractivity contribution in [3.63, 3.8) is 0 Å². The van der Waals surface area contributed by atoms with E-state index in [1.165, 1.54) is 26.0 Å². The summed E-state index contributed by atoms with van der Waals surface area (Å²) in [5, 5.41) is 0. The smallest absolute Gasteiger partial charge is 0.338 e. The molecule has 0 heterocycles. The first-order chi connectivity index (χ1) is 8.41. The Morgan fingerprint density at radius 1 is 0.889 bits per heavy atom. The molecule has 0 unspecified atom stereocenters. The van der Waals surface area contributed by atoms with Gasteiger partial charge in [-0.05, 0) is 26.0 Å². The Labute approximate surface area is 106 Å². The molecule has 0 saturated heterocycles. The van der Waals surface area contributed by atoms with Crippen molar-refractivity contribution in [1.82, 2.24) is 0 Å². The van der Waals surface area contributed by atoms with Gasteiger partial charge in [-0.1, -0.05) is 25.3 Å². The minimum Gasteiger partial charge on any atom is -0.419 e. The van der Waals surface area contributed by atoms with Crippen LogP contribution in [0.3, 0.4) is 0 Å². The molecule has 0 radical (unpaired) electrons. The van der Waals surface area contributed by atoms with Gasteiger partial charge in [0.05, 0.1) is 0 Å². The van der Waals surface area contributed by atoms with Gasteiger partial charge < -0.3 is 9.47 Å². The minimum atomic E-state index is -0.575. The van der Waals surface area contributed by atoms with Gasteiger partial charge in [-0.25, -0.2) is 9.59 Å². The molecule has 0 aromatic heterocycles. The van der Waals surface area contributed by atoms with Crippen molar-refractivity contribution in [2.45, 2.75) is 13.8 Å². The van der Waals surface area contributed by atoms with Crippen molar-refractivity contribution < 1.29 is 19.1 Å². The summed E-state index contributed by atoms with van der Waals surface area (Å²) in [7, 11) is 0. The lowest BCUT2D eigenvalue weighted by molar-refractivity contribution is -0.132. The fraction of sp³-hybridized carbons (Fsp3) is 0.143. The quantitative estimate of drug-likeness (QED) is 0.465. The predicted molar refractivity (Wildman–Crippen MR) is 67.3 cm³/mol. The van der Waals surface area contributed by atoms with E-state index in [1.807, 2.05) is 0 Å². The topological polar surface area (TPSA) is 52.6 Å². The van der Waals surface area contributed by atoms with Crippen LogP contribution in [-0.2, 0) is 9.59 Å². The highest BCUT2D eigenvalue weighted by molar-refractivity contribution is 5.91. The SMILES string of the molecule is C=C(C)C(=O)Oc1ccccc1OC(=O)C(=C)C. The zero-order chi connectivity index (χ0) is 13.7. The number of hydrogen-bond donors (Lipinski definition) is 0. The van der Waals surface area contributed by atoms with E-state index in [-0.39, 0.29) is 22.6 Å². The molecular weight excluding hydrogens is 232 g/mol. The van der Waals surface area contributed by atoms with Crippen molar-refractivity contribution in [3.8, 4) is 11.5 Å². The van der Waals surface area contributed by atoms with Gasteiger partial charge in [-0.15, -0.1) is 0 Å². The largest absolute Gasteiger partial charge is 0.419 e. The number of carbonyl (C=O) groups is 2. The molecular formula is C14H14O4. The van der Waals surface area contributed by atoms with E-state index in [1.54, 1.807) is 12.1 Å². The first kappa shape index (κ1) is 13.7. The van der Waals surface area contributed by atoms with E-state index in [0.29, 0.717) is 0 Å². The fourth-order valence-corrected chi connectivity index (χ4v) is 0.993. The molecule has 1 aromatic carbocycles. The summed E-state index contributed by atoms with van der Waals surface area (Å²) in [5.41, 5.74) is 0.520. The van der Waals surface area contributed by atoms with Gasteiger partial charge in [-0.2, -0.15) is 0 Å². The lowest BCUT2D eigenvalue weighted by Crippen LogP contribution is -2.12. The lowest BCUT2D eigenvalue weighted by Gasteiger charge is -2.09. The second-order valence-electron chi connectivity index (χ2n) is 3.79. The van der Waals surface area contributed by atoms with E-state index in [4.69, 9.17) is 9.47 Å². The first-order valence-corrected chi connectivity index (χ1v) is 5.26. The number of carbonyl (C=O) groups excluding carboxylic acids is 2. The van der Waals surface area contributed by atoms with Gasteiger partial charge in [0.1, 0.15) is 0 Å². The Morgan fingerprint density at radius 2 is 1.22 bits per heavy atom. The Morgan fingerprint density at radius 3 is 1.50 bits per heavy atom. The molecule has 0 amide bonds. The van der Waals surface area contributed by atoms with Gasteiger partial charge >= 0.3 is 11.9 Å². The average molecular weight is 246 g/mol. The molecule has 0 aliphatic heterocycles. The molecule has 0 atom stereocenters. The summed E-state index contributed by atoms with van der Waals surface area (Å²) < 4.78 is 10.1. The molecule has 0 N–H and O–H groups in total. The van der Waals surface area contributed by atoms with Crippen LogP contribution >= 0.6 is 0 Å². The Hall–Kier alpha value is -2.36. The zero-order valence-electron chi connectivity index (χ0n) is 10.4. The van der Waals surface area contributed by atoms with Gasteiger partial charge in [-0.3, -0.25) is 0 Å². The molecule has 0 bridgehead atoms. The molecule has 0 fully saturated rings. The minimum absolute atomic E-state index is 0.167. The van der Waals surface area contributed by atoms with Crippen LogP contribution in [0.2, 0.25) is 0 Å². The van der Waals surface area contributed by atoms with Crippen molar-refractivity contribution >= 4 is 11.9 Å². The average Bonchev–Trinajstić information content (AvgIpc) is 2.31. The van der Waals surface area contributed by atoms with Crippen LogP contribution in [0.1, 0.15) is 13.8 Å². The third kappa shape index (κ3) is 3.59. The van der Waals surface area contributed by atoms with E-state index in [9.17, 15) is 9.59 Å². The molecule has 0 aliphatic rings. The summed E-state index contributed by atoms with van der Waals surface area (Å²) in [6.07, 6.45) is 0. The Kier molecular flexibility index (Phi) is 4.43. The van der Waals surface area contributed by atoms with Crippen LogP contribution in [-0.4, -0.2) is 11.9 Å². The molecule has 4 nitrogen and oxygen atoms in total. The summed E-state index contributed by atoms with van der Waals surface area (Å²) in [4.78, 5) is 22.8. The Balaban J connectivity index is 2.93. The molecule has 0 saturated carbocycles. The van der Waals surface area contributed by atoms with Crippen LogP contribution < -0.4 is 9.47 Å². The summed E-state index contributed by atoms with van der Waals surface area (Å²) >= 11 is 0. The van der Waals surface area contributed by atoms with E-state index in [0.717, 1.165) is 0 Å². The summed E-state index contributed by atoms with van der Waals surface area (Å²) in [6.45, 7) is 10.0.